The number of guanidine groups is 1. The molecule has 156 valence electrons. The Hall–Kier alpha value is -1.63. The van der Waals surface area contributed by atoms with Gasteiger partial charge in [0, 0.05) is 44.7 Å². The normalized spacial score (nSPS) is 22.4. The number of nitrogens with zero attached hydrogens (tertiary/aromatic N) is 3. The average molecular weight is 389 g/mol. The highest BCUT2D eigenvalue weighted by molar-refractivity contribution is 5.80. The summed E-state index contributed by atoms with van der Waals surface area (Å²) in [4.78, 5) is 9.81. The largest absolute Gasteiger partial charge is 0.379 e. The summed E-state index contributed by atoms with van der Waals surface area (Å²) >= 11 is 0. The second-order valence-corrected chi connectivity index (χ2v) is 7.79. The first-order valence-electron chi connectivity index (χ1n) is 10.7. The van der Waals surface area contributed by atoms with E-state index in [0.717, 1.165) is 71.5 Å². The summed E-state index contributed by atoms with van der Waals surface area (Å²) in [7, 11) is 0. The third-order valence-electron chi connectivity index (χ3n) is 5.56. The Kier molecular flexibility index (Phi) is 8.58. The van der Waals surface area contributed by atoms with Crippen LogP contribution in [-0.2, 0) is 16.1 Å². The summed E-state index contributed by atoms with van der Waals surface area (Å²) in [5.41, 5.74) is 1.24. The molecule has 2 aliphatic rings. The van der Waals surface area contributed by atoms with Gasteiger partial charge in [-0.15, -0.1) is 0 Å². The van der Waals surface area contributed by atoms with Crippen LogP contribution in [0.3, 0.4) is 0 Å². The molecule has 0 radical (unpaired) electrons. The van der Waals surface area contributed by atoms with Crippen LogP contribution in [-0.4, -0.2) is 80.9 Å². The minimum atomic E-state index is 0.449. The Balaban J connectivity index is 1.44. The molecule has 2 saturated heterocycles. The minimum Gasteiger partial charge on any atom is -0.379 e. The van der Waals surface area contributed by atoms with Gasteiger partial charge in [0.1, 0.15) is 0 Å². The number of rotatable bonds is 8. The van der Waals surface area contributed by atoms with E-state index in [1.54, 1.807) is 0 Å². The lowest BCUT2D eigenvalue weighted by Crippen LogP contribution is -2.45. The van der Waals surface area contributed by atoms with Crippen LogP contribution in [0, 0.1) is 5.92 Å². The van der Waals surface area contributed by atoms with Gasteiger partial charge in [0.15, 0.2) is 5.96 Å². The predicted octanol–water partition coefficient (Wildman–Crippen LogP) is 2.21. The van der Waals surface area contributed by atoms with Crippen LogP contribution in [0.1, 0.15) is 25.8 Å². The number of hydrogen-bond acceptors (Lipinski definition) is 4. The average Bonchev–Trinajstić information content (AvgIpc) is 3.21. The predicted molar refractivity (Wildman–Crippen MR) is 114 cm³/mol. The molecule has 28 heavy (non-hydrogen) atoms. The highest BCUT2D eigenvalue weighted by Gasteiger charge is 2.25. The molecule has 2 atom stereocenters. The molecule has 0 saturated carbocycles. The van der Waals surface area contributed by atoms with Crippen LogP contribution in [0.15, 0.2) is 35.3 Å². The maximum atomic E-state index is 5.96. The third kappa shape index (κ3) is 6.47. The lowest BCUT2D eigenvalue weighted by molar-refractivity contribution is 0.0220. The molecule has 1 N–H and O–H groups in total. The molecule has 1 aromatic carbocycles. The van der Waals surface area contributed by atoms with Gasteiger partial charge in [0.25, 0.3) is 0 Å². The number of aliphatic imine (C=N–C) groups is 1. The van der Waals surface area contributed by atoms with Gasteiger partial charge in [0.05, 0.1) is 33.0 Å². The number of nitrogens with one attached hydrogen (secondary N) is 1. The van der Waals surface area contributed by atoms with E-state index in [0.29, 0.717) is 18.6 Å². The van der Waals surface area contributed by atoms with Crippen molar-refractivity contribution in [3.8, 4) is 0 Å². The SMILES string of the molecule is CCNC(=NCC(C)N1CCOCC1)N1CCC(COCc2ccccc2)C1. The van der Waals surface area contributed by atoms with Crippen LogP contribution >= 0.6 is 0 Å². The fourth-order valence-electron chi connectivity index (χ4n) is 3.86. The molecule has 0 aliphatic carbocycles. The monoisotopic (exact) mass is 388 g/mol. The van der Waals surface area contributed by atoms with E-state index in [-0.39, 0.29) is 0 Å². The van der Waals surface area contributed by atoms with Gasteiger partial charge in [-0.3, -0.25) is 9.89 Å². The molecule has 0 spiro atoms. The second kappa shape index (κ2) is 11.4. The van der Waals surface area contributed by atoms with E-state index in [1.807, 2.05) is 6.07 Å². The molecule has 2 fully saturated rings. The molecule has 0 bridgehead atoms. The lowest BCUT2D eigenvalue weighted by Gasteiger charge is -2.31. The molecule has 6 nitrogen and oxygen atoms in total. The van der Waals surface area contributed by atoms with E-state index < -0.39 is 0 Å². The highest BCUT2D eigenvalue weighted by Crippen LogP contribution is 2.17. The van der Waals surface area contributed by atoms with Gasteiger partial charge >= 0.3 is 0 Å². The number of benzene rings is 1. The molecular weight excluding hydrogens is 352 g/mol. The molecule has 3 rings (SSSR count). The Morgan fingerprint density at radius 1 is 1.25 bits per heavy atom. The Morgan fingerprint density at radius 3 is 2.79 bits per heavy atom. The molecule has 1 aromatic rings. The van der Waals surface area contributed by atoms with Crippen molar-refractivity contribution < 1.29 is 9.47 Å². The van der Waals surface area contributed by atoms with Crippen molar-refractivity contribution in [1.29, 1.82) is 0 Å². The van der Waals surface area contributed by atoms with Crippen LogP contribution in [0.25, 0.3) is 0 Å². The summed E-state index contributed by atoms with van der Waals surface area (Å²) in [6.45, 7) is 13.4. The van der Waals surface area contributed by atoms with Gasteiger partial charge < -0.3 is 19.7 Å². The first-order chi connectivity index (χ1) is 13.8. The minimum absolute atomic E-state index is 0.449. The van der Waals surface area contributed by atoms with Crippen molar-refractivity contribution in [2.24, 2.45) is 10.9 Å². The molecule has 2 unspecified atom stereocenters. The van der Waals surface area contributed by atoms with Gasteiger partial charge in [0.2, 0.25) is 0 Å². The van der Waals surface area contributed by atoms with E-state index in [9.17, 15) is 0 Å². The van der Waals surface area contributed by atoms with Crippen LogP contribution in [0.4, 0.5) is 0 Å². The Morgan fingerprint density at radius 2 is 2.04 bits per heavy atom. The van der Waals surface area contributed by atoms with Crippen LogP contribution in [0.2, 0.25) is 0 Å². The fraction of sp³-hybridized carbons (Fsp3) is 0.682. The zero-order valence-electron chi connectivity index (χ0n) is 17.5. The third-order valence-corrected chi connectivity index (χ3v) is 5.56. The molecular formula is C22H36N4O2. The van der Waals surface area contributed by atoms with Crippen molar-refractivity contribution in [2.45, 2.75) is 32.9 Å². The highest BCUT2D eigenvalue weighted by atomic mass is 16.5. The zero-order valence-corrected chi connectivity index (χ0v) is 17.5. The maximum Gasteiger partial charge on any atom is 0.193 e. The zero-order chi connectivity index (χ0) is 19.6. The topological polar surface area (TPSA) is 49.3 Å². The number of hydrogen-bond donors (Lipinski definition) is 1. The van der Waals surface area contributed by atoms with E-state index in [1.165, 1.54) is 5.56 Å². The number of morpholine rings is 1. The first kappa shape index (κ1) is 21.1. The summed E-state index contributed by atoms with van der Waals surface area (Å²) in [5, 5.41) is 3.48. The van der Waals surface area contributed by atoms with E-state index in [4.69, 9.17) is 14.5 Å². The Bertz CT molecular complexity index is 589. The van der Waals surface area contributed by atoms with Crippen LogP contribution in [0.5, 0.6) is 0 Å². The smallest absolute Gasteiger partial charge is 0.193 e. The van der Waals surface area contributed by atoms with Crippen molar-refractivity contribution in [3.05, 3.63) is 35.9 Å². The van der Waals surface area contributed by atoms with Crippen LogP contribution < -0.4 is 5.32 Å². The molecule has 6 heteroatoms. The first-order valence-corrected chi connectivity index (χ1v) is 10.7. The lowest BCUT2D eigenvalue weighted by atomic mass is 10.1. The second-order valence-electron chi connectivity index (χ2n) is 7.79. The quantitative estimate of drug-likeness (QED) is 0.547. The van der Waals surface area contributed by atoms with Crippen molar-refractivity contribution in [2.75, 3.05) is 59.1 Å². The van der Waals surface area contributed by atoms with Gasteiger partial charge in [-0.25, -0.2) is 0 Å². The molecule has 0 aromatic heterocycles. The Labute approximate surface area is 169 Å². The maximum absolute atomic E-state index is 5.96. The molecule has 2 heterocycles. The fourth-order valence-corrected chi connectivity index (χ4v) is 3.86. The summed E-state index contributed by atoms with van der Waals surface area (Å²) < 4.78 is 11.4. The standard InChI is InChI=1S/C22H36N4O2/c1-3-23-22(24-15-19(2)25-11-13-27-14-12-25)26-10-9-21(16-26)18-28-17-20-7-5-4-6-8-20/h4-8,19,21H,3,9-18H2,1-2H3,(H,23,24). The summed E-state index contributed by atoms with van der Waals surface area (Å²) in [6, 6.07) is 10.9. The molecule has 0 amide bonds. The number of ether oxygens (including phenoxy) is 2. The van der Waals surface area contributed by atoms with Crippen molar-refractivity contribution in [1.82, 2.24) is 15.1 Å². The van der Waals surface area contributed by atoms with Crippen molar-refractivity contribution in [3.63, 3.8) is 0 Å². The molecule has 2 aliphatic heterocycles. The van der Waals surface area contributed by atoms with Crippen molar-refractivity contribution >= 4 is 5.96 Å². The van der Waals surface area contributed by atoms with Gasteiger partial charge in [-0.05, 0) is 25.8 Å². The summed E-state index contributed by atoms with van der Waals surface area (Å²) in [6.07, 6.45) is 1.16. The number of likely N-dealkylation sites (tertiary alicyclic amines) is 1. The van der Waals surface area contributed by atoms with Gasteiger partial charge in [-0.2, -0.15) is 0 Å². The van der Waals surface area contributed by atoms with Gasteiger partial charge in [-0.1, -0.05) is 30.3 Å². The van der Waals surface area contributed by atoms with E-state index >= 15 is 0 Å². The summed E-state index contributed by atoms with van der Waals surface area (Å²) in [5.74, 6) is 1.62. The van der Waals surface area contributed by atoms with E-state index in [2.05, 4.69) is 53.2 Å².